The van der Waals surface area contributed by atoms with Crippen LogP contribution in [-0.4, -0.2) is 89.8 Å². The predicted molar refractivity (Wildman–Crippen MR) is 193 cm³/mol. The van der Waals surface area contributed by atoms with Crippen LogP contribution in [0.5, 0.6) is 5.75 Å². The van der Waals surface area contributed by atoms with Gasteiger partial charge < -0.3 is 25.0 Å². The fraction of sp³-hybridized carbons (Fsp3) is 0.513. The van der Waals surface area contributed by atoms with E-state index in [4.69, 9.17) is 9.84 Å². The molecule has 0 bridgehead atoms. The molecule has 0 atom stereocenters. The summed E-state index contributed by atoms with van der Waals surface area (Å²) in [5.74, 6) is 0.0401. The third kappa shape index (κ3) is 6.99. The van der Waals surface area contributed by atoms with Gasteiger partial charge in [-0.25, -0.2) is 14.8 Å². The summed E-state index contributed by atoms with van der Waals surface area (Å²) < 4.78 is 6.53. The topological polar surface area (TPSA) is 135 Å². The zero-order valence-corrected chi connectivity index (χ0v) is 30.1. The Labute approximate surface area is 295 Å². The zero-order valence-electron chi connectivity index (χ0n) is 30.1. The van der Waals surface area contributed by atoms with Gasteiger partial charge in [0.05, 0.1) is 29.7 Å². The number of aromatic carboxylic acids is 1. The molecule has 6 rings (SSSR count). The van der Waals surface area contributed by atoms with Crippen LogP contribution in [0, 0.1) is 41.9 Å². The summed E-state index contributed by atoms with van der Waals surface area (Å²) in [5, 5.41) is 21.8. The van der Waals surface area contributed by atoms with Crippen LogP contribution < -0.4 is 19.9 Å². The number of carbonyl (C=O) groups is 2. The van der Waals surface area contributed by atoms with Crippen LogP contribution >= 0.6 is 0 Å². The van der Waals surface area contributed by atoms with Crippen molar-refractivity contribution in [3.8, 4) is 11.8 Å². The van der Waals surface area contributed by atoms with Gasteiger partial charge in [0.2, 0.25) is 5.82 Å². The summed E-state index contributed by atoms with van der Waals surface area (Å²) in [5.41, 5.74) is 4.58. The van der Waals surface area contributed by atoms with Crippen LogP contribution in [-0.2, 0) is 0 Å². The van der Waals surface area contributed by atoms with E-state index < -0.39 is 5.97 Å². The van der Waals surface area contributed by atoms with Gasteiger partial charge in [-0.1, -0.05) is 27.7 Å². The molecule has 50 heavy (non-hydrogen) atoms. The van der Waals surface area contributed by atoms with E-state index in [-0.39, 0.29) is 34.7 Å². The highest BCUT2D eigenvalue weighted by Crippen LogP contribution is 2.55. The lowest BCUT2D eigenvalue weighted by molar-refractivity contribution is -0.164. The number of piperazine rings is 1. The van der Waals surface area contributed by atoms with Crippen LogP contribution in [0.15, 0.2) is 48.8 Å². The predicted octanol–water partition coefficient (Wildman–Crippen LogP) is 5.31. The number of aryl methyl sites for hydroxylation is 2. The number of piperidine rings is 1. The minimum atomic E-state index is -1.11. The molecule has 3 fully saturated rings. The van der Waals surface area contributed by atoms with Crippen molar-refractivity contribution in [3.05, 3.63) is 76.9 Å². The van der Waals surface area contributed by atoms with Crippen molar-refractivity contribution in [1.29, 1.82) is 5.26 Å². The lowest BCUT2D eigenvalue weighted by atomic mass is 9.49. The normalized spacial score (nSPS) is 21.9. The first-order chi connectivity index (χ1) is 23.8. The molecule has 2 N–H and O–H groups in total. The van der Waals surface area contributed by atoms with Gasteiger partial charge in [0.25, 0.3) is 5.91 Å². The van der Waals surface area contributed by atoms with Gasteiger partial charge in [-0.05, 0) is 80.1 Å². The summed E-state index contributed by atoms with van der Waals surface area (Å²) in [6, 6.07) is 14.1. The molecule has 2 saturated heterocycles. The van der Waals surface area contributed by atoms with Crippen LogP contribution in [0.4, 0.5) is 11.4 Å². The highest BCUT2D eigenvalue weighted by Gasteiger charge is 2.64. The maximum Gasteiger partial charge on any atom is 0.373 e. The lowest BCUT2D eigenvalue weighted by Gasteiger charge is -2.63. The number of carbonyl (C=O) groups excluding carboxylic acids is 1. The summed E-state index contributed by atoms with van der Waals surface area (Å²) in [6.45, 7) is 19.2. The Kier molecular flexibility index (Phi) is 9.78. The second-order valence-corrected chi connectivity index (χ2v) is 15.4. The average Bonchev–Trinajstić information content (AvgIpc) is 3.10. The van der Waals surface area contributed by atoms with E-state index in [2.05, 4.69) is 75.9 Å². The second-order valence-electron chi connectivity index (χ2n) is 15.4. The molecule has 3 aliphatic rings. The van der Waals surface area contributed by atoms with E-state index in [9.17, 15) is 14.9 Å². The van der Waals surface area contributed by atoms with Crippen molar-refractivity contribution in [2.45, 2.75) is 66.5 Å². The van der Waals surface area contributed by atoms with E-state index in [1.165, 1.54) is 0 Å². The molecule has 11 heteroatoms. The number of carboxylic acid groups (broad SMARTS) is 1. The van der Waals surface area contributed by atoms with Crippen molar-refractivity contribution in [1.82, 2.24) is 20.2 Å². The second kappa shape index (κ2) is 13.9. The number of nitrogens with one attached hydrogen (secondary N) is 1. The lowest BCUT2D eigenvalue weighted by Crippen LogP contribution is -2.74. The molecule has 0 radical (unpaired) electrons. The standard InChI is InChI=1S/C39H49N7O4/c1-25-19-31(20-26(2)32(25)21-40)50-37-38(3,4)36(39(37,5)6)43-34(47)28-7-9-29(10-8-28)45-13-11-27(12-14-45)24-44-15-17-46(18-16-44)30-22-41-33(35(48)49)42-23-30/h7-10,19-20,22-23,27,36-37H,11-18,24H2,1-6H3,(H,43,47)(H,48,49). The summed E-state index contributed by atoms with van der Waals surface area (Å²) in [7, 11) is 0. The zero-order chi connectivity index (χ0) is 35.8. The van der Waals surface area contributed by atoms with Gasteiger partial charge in [0.15, 0.2) is 0 Å². The third-order valence-electron chi connectivity index (χ3n) is 11.2. The van der Waals surface area contributed by atoms with Crippen molar-refractivity contribution < 1.29 is 19.4 Å². The number of carboxylic acids is 1. The number of nitriles is 1. The Hall–Kier alpha value is -4.69. The fourth-order valence-corrected chi connectivity index (χ4v) is 8.66. The number of amides is 1. The Bertz CT molecular complexity index is 1710. The number of hydrogen-bond donors (Lipinski definition) is 2. The van der Waals surface area contributed by atoms with Gasteiger partial charge in [-0.3, -0.25) is 9.69 Å². The first kappa shape index (κ1) is 35.1. The molecule has 1 saturated carbocycles. The van der Waals surface area contributed by atoms with E-state index in [0.717, 1.165) is 86.9 Å². The van der Waals surface area contributed by atoms with E-state index >= 15 is 0 Å². The molecular formula is C39H49N7O4. The summed E-state index contributed by atoms with van der Waals surface area (Å²) in [6.07, 6.45) is 5.35. The quantitative estimate of drug-likeness (QED) is 0.306. The average molecular weight is 680 g/mol. The molecule has 3 heterocycles. The van der Waals surface area contributed by atoms with E-state index in [1.54, 1.807) is 12.4 Å². The number of rotatable bonds is 9. The largest absolute Gasteiger partial charge is 0.489 e. The number of benzene rings is 2. The minimum absolute atomic E-state index is 0.0742. The first-order valence-electron chi connectivity index (χ1n) is 17.6. The molecule has 1 aliphatic carbocycles. The maximum absolute atomic E-state index is 13.5. The van der Waals surface area contributed by atoms with Crippen molar-refractivity contribution >= 4 is 23.3 Å². The van der Waals surface area contributed by atoms with E-state index in [0.29, 0.717) is 17.0 Å². The van der Waals surface area contributed by atoms with Gasteiger partial charge in [0, 0.05) is 73.9 Å². The van der Waals surface area contributed by atoms with Crippen molar-refractivity contribution in [2.75, 3.05) is 55.6 Å². The molecular weight excluding hydrogens is 630 g/mol. The summed E-state index contributed by atoms with van der Waals surface area (Å²) in [4.78, 5) is 39.6. The Morgan fingerprint density at radius 3 is 2.00 bits per heavy atom. The van der Waals surface area contributed by atoms with Gasteiger partial charge in [-0.15, -0.1) is 0 Å². The highest BCUT2D eigenvalue weighted by atomic mass is 16.5. The van der Waals surface area contributed by atoms with Crippen molar-refractivity contribution in [2.24, 2.45) is 16.7 Å². The molecule has 1 amide bonds. The monoisotopic (exact) mass is 679 g/mol. The van der Waals surface area contributed by atoms with Gasteiger partial charge in [-0.2, -0.15) is 5.26 Å². The number of hydrogen-bond acceptors (Lipinski definition) is 9. The molecule has 264 valence electrons. The molecule has 1 aromatic heterocycles. The first-order valence-corrected chi connectivity index (χ1v) is 17.6. The van der Waals surface area contributed by atoms with Crippen LogP contribution in [0.2, 0.25) is 0 Å². The molecule has 0 spiro atoms. The van der Waals surface area contributed by atoms with E-state index in [1.807, 2.05) is 38.1 Å². The Morgan fingerprint density at radius 2 is 1.46 bits per heavy atom. The minimum Gasteiger partial charge on any atom is -0.489 e. The third-order valence-corrected chi connectivity index (χ3v) is 11.2. The van der Waals surface area contributed by atoms with Gasteiger partial charge >= 0.3 is 5.97 Å². The smallest absolute Gasteiger partial charge is 0.373 e. The molecule has 2 aromatic carbocycles. The summed E-state index contributed by atoms with van der Waals surface area (Å²) >= 11 is 0. The maximum atomic E-state index is 13.5. The SMILES string of the molecule is Cc1cc(OC2C(C)(C)C(NC(=O)c3ccc(N4CCC(CN5CCN(c6cnc(C(=O)O)nc6)CC5)CC4)cc3)C2(C)C)cc(C)c1C#N. The molecule has 11 nitrogen and oxygen atoms in total. The van der Waals surface area contributed by atoms with Crippen LogP contribution in [0.25, 0.3) is 0 Å². The van der Waals surface area contributed by atoms with Gasteiger partial charge in [0.1, 0.15) is 11.9 Å². The number of ether oxygens (including phenoxy) is 1. The van der Waals surface area contributed by atoms with Crippen LogP contribution in [0.3, 0.4) is 0 Å². The molecule has 3 aromatic rings. The Morgan fingerprint density at radius 1 is 0.900 bits per heavy atom. The van der Waals surface area contributed by atoms with Crippen molar-refractivity contribution in [3.63, 3.8) is 0 Å². The fourth-order valence-electron chi connectivity index (χ4n) is 8.66. The highest BCUT2D eigenvalue weighted by molar-refractivity contribution is 5.95. The van der Waals surface area contributed by atoms with Crippen LogP contribution in [0.1, 0.15) is 78.2 Å². The molecule has 0 unspecified atom stereocenters. The number of aromatic nitrogens is 2. The molecule has 2 aliphatic heterocycles. The number of anilines is 2. The number of nitrogens with zero attached hydrogens (tertiary/aromatic N) is 6. The Balaban J connectivity index is 0.966.